The molecule has 0 saturated heterocycles. The van der Waals surface area contributed by atoms with Gasteiger partial charge in [0.1, 0.15) is 0 Å². The first-order valence-electron chi connectivity index (χ1n) is 8.86. The lowest BCUT2D eigenvalue weighted by molar-refractivity contribution is -0.122. The van der Waals surface area contributed by atoms with Gasteiger partial charge in [-0.25, -0.2) is 0 Å². The molecule has 0 N–H and O–H groups in total. The maximum absolute atomic E-state index is 12.4. The average molecular weight is 296 g/mol. The van der Waals surface area contributed by atoms with Gasteiger partial charge in [-0.3, -0.25) is 9.59 Å². The Kier molecular flexibility index (Phi) is 3.63. The van der Waals surface area contributed by atoms with E-state index in [4.69, 9.17) is 0 Å². The van der Waals surface area contributed by atoms with Crippen LogP contribution in [0.2, 0.25) is 0 Å². The molecule has 0 aromatic heterocycles. The van der Waals surface area contributed by atoms with Gasteiger partial charge in [0.05, 0.1) is 0 Å². The van der Waals surface area contributed by atoms with Crippen molar-refractivity contribution in [1.82, 2.24) is 0 Å². The van der Waals surface area contributed by atoms with E-state index >= 15 is 0 Å². The highest BCUT2D eigenvalue weighted by Gasteiger charge is 2.37. The molecule has 4 aliphatic rings. The molecule has 2 heteroatoms. The van der Waals surface area contributed by atoms with Gasteiger partial charge in [-0.1, -0.05) is 25.0 Å². The van der Waals surface area contributed by atoms with E-state index in [0.29, 0.717) is 29.3 Å². The minimum atomic E-state index is 0.191. The molecular weight excluding hydrogens is 272 g/mol. The predicted octanol–water partition coefficient (Wildman–Crippen LogP) is 4.17. The highest BCUT2D eigenvalue weighted by Crippen LogP contribution is 2.44. The van der Waals surface area contributed by atoms with Crippen LogP contribution in [-0.4, -0.2) is 11.6 Å². The van der Waals surface area contributed by atoms with Crippen LogP contribution in [0.25, 0.3) is 0 Å². The van der Waals surface area contributed by atoms with Crippen LogP contribution in [0.5, 0.6) is 0 Å². The number of carbonyl (C=O) groups is 2. The molecule has 116 valence electrons. The summed E-state index contributed by atoms with van der Waals surface area (Å²) in [5, 5.41) is 0. The van der Waals surface area contributed by atoms with E-state index in [1.165, 1.54) is 30.4 Å². The number of hydrogen-bond donors (Lipinski definition) is 0. The molecule has 4 atom stereocenters. The lowest BCUT2D eigenvalue weighted by atomic mass is 9.66. The van der Waals surface area contributed by atoms with Crippen molar-refractivity contribution in [2.75, 3.05) is 0 Å². The summed E-state index contributed by atoms with van der Waals surface area (Å²) >= 11 is 0. The Bertz CT molecular complexity index is 593. The third-order valence-corrected chi connectivity index (χ3v) is 6.24. The molecule has 22 heavy (non-hydrogen) atoms. The highest BCUT2D eigenvalue weighted by atomic mass is 16.1. The van der Waals surface area contributed by atoms with Gasteiger partial charge in [0.25, 0.3) is 0 Å². The Hall–Kier alpha value is -1.44. The number of allylic oxidation sites excluding steroid dienone is 6. The molecule has 4 aliphatic carbocycles. The smallest absolute Gasteiger partial charge is 0.159 e. The maximum Gasteiger partial charge on any atom is 0.159 e. The quantitative estimate of drug-likeness (QED) is 0.727. The molecule has 0 heterocycles. The standard InChI is InChI=1S/C20H24O2/c21-19-7-3-5-15-10-13(8-9-18(15)19)16-11-14-4-1-2-6-17(14)20(22)12-16/h3,7-8,12,14-15,17-18H,1-2,4-6,9-11H2. The molecule has 1 fully saturated rings. The number of fused-ring (bicyclic) bond motifs is 2. The number of rotatable bonds is 1. The molecule has 4 rings (SSSR count). The summed E-state index contributed by atoms with van der Waals surface area (Å²) in [6.07, 6.45) is 16.7. The first-order valence-corrected chi connectivity index (χ1v) is 8.86. The van der Waals surface area contributed by atoms with Crippen molar-refractivity contribution >= 4 is 11.6 Å². The van der Waals surface area contributed by atoms with Crippen LogP contribution in [-0.2, 0) is 9.59 Å². The molecule has 0 aliphatic heterocycles. The van der Waals surface area contributed by atoms with Gasteiger partial charge < -0.3 is 0 Å². The van der Waals surface area contributed by atoms with Gasteiger partial charge in [0.15, 0.2) is 11.6 Å². The van der Waals surface area contributed by atoms with E-state index in [2.05, 4.69) is 6.08 Å². The lowest BCUT2D eigenvalue weighted by Gasteiger charge is -2.37. The van der Waals surface area contributed by atoms with Crippen LogP contribution in [0.1, 0.15) is 51.4 Å². The first-order chi connectivity index (χ1) is 10.7. The van der Waals surface area contributed by atoms with Gasteiger partial charge >= 0.3 is 0 Å². The molecule has 1 saturated carbocycles. The highest BCUT2D eigenvalue weighted by molar-refractivity contribution is 5.95. The molecule has 0 spiro atoms. The minimum absolute atomic E-state index is 0.191. The van der Waals surface area contributed by atoms with Gasteiger partial charge in [-0.05, 0) is 73.7 Å². The molecule has 0 aromatic rings. The Morgan fingerprint density at radius 2 is 1.64 bits per heavy atom. The SMILES string of the molecule is O=C1C=CCC2CC(C3=CC(=O)C4CCCCC4C3)=CCC12. The summed E-state index contributed by atoms with van der Waals surface area (Å²) < 4.78 is 0. The minimum Gasteiger partial charge on any atom is -0.295 e. The largest absolute Gasteiger partial charge is 0.295 e. The second kappa shape index (κ2) is 5.64. The fraction of sp³-hybridized carbons (Fsp3) is 0.600. The Balaban J connectivity index is 1.55. The van der Waals surface area contributed by atoms with Crippen LogP contribution in [0, 0.1) is 23.7 Å². The summed E-state index contributed by atoms with van der Waals surface area (Å²) in [4.78, 5) is 24.4. The molecule has 4 unspecified atom stereocenters. The van der Waals surface area contributed by atoms with Crippen molar-refractivity contribution in [3.63, 3.8) is 0 Å². The number of ketones is 2. The van der Waals surface area contributed by atoms with Gasteiger partial charge in [0.2, 0.25) is 0 Å². The molecule has 0 bridgehead atoms. The maximum atomic E-state index is 12.4. The van der Waals surface area contributed by atoms with Gasteiger partial charge in [-0.2, -0.15) is 0 Å². The van der Waals surface area contributed by atoms with E-state index in [9.17, 15) is 9.59 Å². The summed E-state index contributed by atoms with van der Waals surface area (Å²) in [5.74, 6) is 2.19. The van der Waals surface area contributed by atoms with Crippen LogP contribution in [0.3, 0.4) is 0 Å². The lowest BCUT2D eigenvalue weighted by Crippen LogP contribution is -2.32. The van der Waals surface area contributed by atoms with Crippen LogP contribution < -0.4 is 0 Å². The fourth-order valence-electron chi connectivity index (χ4n) is 4.98. The van der Waals surface area contributed by atoms with Crippen LogP contribution in [0.4, 0.5) is 0 Å². The van der Waals surface area contributed by atoms with E-state index in [0.717, 1.165) is 32.1 Å². The summed E-state index contributed by atoms with van der Waals surface area (Å²) in [5.41, 5.74) is 2.65. The topological polar surface area (TPSA) is 34.1 Å². The molecule has 2 nitrogen and oxygen atoms in total. The van der Waals surface area contributed by atoms with Crippen LogP contribution >= 0.6 is 0 Å². The monoisotopic (exact) mass is 296 g/mol. The Morgan fingerprint density at radius 1 is 0.818 bits per heavy atom. The number of hydrogen-bond acceptors (Lipinski definition) is 2. The van der Waals surface area contributed by atoms with Crippen molar-refractivity contribution in [1.29, 1.82) is 0 Å². The summed E-state index contributed by atoms with van der Waals surface area (Å²) in [6.45, 7) is 0. The number of carbonyl (C=O) groups excluding carboxylic acids is 2. The first kappa shape index (κ1) is 14.2. The zero-order valence-electron chi connectivity index (χ0n) is 13.1. The van der Waals surface area contributed by atoms with Gasteiger partial charge in [0, 0.05) is 11.8 Å². The van der Waals surface area contributed by atoms with Crippen molar-refractivity contribution in [3.05, 3.63) is 35.5 Å². The molecule has 0 amide bonds. The van der Waals surface area contributed by atoms with Crippen LogP contribution in [0.15, 0.2) is 35.5 Å². The fourth-order valence-corrected chi connectivity index (χ4v) is 4.98. The van der Waals surface area contributed by atoms with Crippen molar-refractivity contribution in [3.8, 4) is 0 Å². The van der Waals surface area contributed by atoms with E-state index in [1.54, 1.807) is 6.08 Å². The second-order valence-electron chi connectivity index (χ2n) is 7.50. The second-order valence-corrected chi connectivity index (χ2v) is 7.50. The van der Waals surface area contributed by atoms with E-state index < -0.39 is 0 Å². The molecule has 0 aromatic carbocycles. The van der Waals surface area contributed by atoms with Crippen molar-refractivity contribution in [2.45, 2.75) is 51.4 Å². The normalized spacial score (nSPS) is 38.0. The zero-order valence-corrected chi connectivity index (χ0v) is 13.1. The van der Waals surface area contributed by atoms with Crippen molar-refractivity contribution in [2.24, 2.45) is 23.7 Å². The van der Waals surface area contributed by atoms with E-state index in [1.807, 2.05) is 12.2 Å². The summed E-state index contributed by atoms with van der Waals surface area (Å²) in [7, 11) is 0. The Morgan fingerprint density at radius 3 is 2.55 bits per heavy atom. The van der Waals surface area contributed by atoms with Crippen molar-refractivity contribution < 1.29 is 9.59 Å². The third kappa shape index (κ3) is 2.43. The molecule has 0 radical (unpaired) electrons. The Labute approximate surface area is 132 Å². The van der Waals surface area contributed by atoms with E-state index in [-0.39, 0.29) is 5.92 Å². The zero-order chi connectivity index (χ0) is 15.1. The molecular formula is C20H24O2. The third-order valence-electron chi connectivity index (χ3n) is 6.24. The summed E-state index contributed by atoms with van der Waals surface area (Å²) in [6, 6.07) is 0. The predicted molar refractivity (Wildman–Crippen MR) is 86.2 cm³/mol. The van der Waals surface area contributed by atoms with Gasteiger partial charge in [-0.15, -0.1) is 0 Å². The average Bonchev–Trinajstić information content (AvgIpc) is 2.55.